The third kappa shape index (κ3) is 7.10. The summed E-state index contributed by atoms with van der Waals surface area (Å²) >= 11 is 0. The van der Waals surface area contributed by atoms with E-state index in [-0.39, 0.29) is 12.6 Å². The summed E-state index contributed by atoms with van der Waals surface area (Å²) in [7, 11) is 0. The van der Waals surface area contributed by atoms with Gasteiger partial charge in [0.2, 0.25) is 0 Å². The van der Waals surface area contributed by atoms with Gasteiger partial charge < -0.3 is 30.2 Å². The molecule has 0 fully saturated rings. The van der Waals surface area contributed by atoms with Gasteiger partial charge in [-0.1, -0.05) is 12.1 Å². The zero-order valence-corrected chi connectivity index (χ0v) is 20.8. The molecule has 3 aromatic rings. The summed E-state index contributed by atoms with van der Waals surface area (Å²) in [6.07, 6.45) is 5.97. The van der Waals surface area contributed by atoms with E-state index in [1.807, 2.05) is 54.1 Å². The number of benzene rings is 2. The Labute approximate surface area is 207 Å². The molecule has 188 valence electrons. The largest absolute Gasteiger partial charge is 0.490 e. The number of allylic oxidation sites excluding steroid dienone is 1. The van der Waals surface area contributed by atoms with Crippen molar-refractivity contribution in [1.29, 1.82) is 0 Å². The molecule has 7 heteroatoms. The van der Waals surface area contributed by atoms with Gasteiger partial charge in [0.25, 0.3) is 5.91 Å². The second kappa shape index (κ2) is 13.0. The number of aliphatic hydroxyl groups is 1. The lowest BCUT2D eigenvalue weighted by molar-refractivity contribution is 0.100. The molecule has 3 rings (SSSR count). The number of hydrogen-bond acceptors (Lipinski definition) is 5. The molecule has 0 aliphatic rings. The Morgan fingerprint density at radius 3 is 2.74 bits per heavy atom. The standard InChI is InChI=1S/C28H37N3O4/c1-4-7-21-8-9-25(26(19-21)34-5-2)35-15-11-30-20(3)16-22-17-23-10-13-31(12-6-14-32)27(23)24(18-22)28(29)33/h4,8-10,13,17-20,30,32H,1,5-7,11-12,14-16H2,2-3H3,(H2,29,33). The van der Waals surface area contributed by atoms with Crippen molar-refractivity contribution in [2.24, 2.45) is 5.73 Å². The maximum atomic E-state index is 12.2. The Bertz CT molecular complexity index is 1140. The van der Waals surface area contributed by atoms with Crippen molar-refractivity contribution in [3.8, 4) is 11.5 Å². The number of nitrogens with one attached hydrogen (secondary N) is 1. The lowest BCUT2D eigenvalue weighted by atomic mass is 10.0. The number of nitrogens with zero attached hydrogens (tertiary/aromatic N) is 1. The van der Waals surface area contributed by atoms with E-state index in [2.05, 4.69) is 24.9 Å². The van der Waals surface area contributed by atoms with E-state index in [1.54, 1.807) is 0 Å². The summed E-state index contributed by atoms with van der Waals surface area (Å²) in [6.45, 7) is 10.3. The second-order valence-electron chi connectivity index (χ2n) is 8.65. The Morgan fingerprint density at radius 1 is 1.20 bits per heavy atom. The van der Waals surface area contributed by atoms with Gasteiger partial charge in [0.15, 0.2) is 11.5 Å². The zero-order chi connectivity index (χ0) is 25.2. The second-order valence-corrected chi connectivity index (χ2v) is 8.65. The molecule has 1 atom stereocenters. The Kier molecular flexibility index (Phi) is 9.76. The first-order valence-electron chi connectivity index (χ1n) is 12.2. The summed E-state index contributed by atoms with van der Waals surface area (Å²) in [5.41, 5.74) is 9.22. The van der Waals surface area contributed by atoms with E-state index >= 15 is 0 Å². The molecule has 7 nitrogen and oxygen atoms in total. The molecule has 0 bridgehead atoms. The van der Waals surface area contributed by atoms with Gasteiger partial charge in [-0.25, -0.2) is 0 Å². The van der Waals surface area contributed by atoms with Crippen LogP contribution < -0.4 is 20.5 Å². The average Bonchev–Trinajstić information content (AvgIpc) is 3.24. The Morgan fingerprint density at radius 2 is 2.03 bits per heavy atom. The van der Waals surface area contributed by atoms with Crippen molar-refractivity contribution in [1.82, 2.24) is 9.88 Å². The number of fused-ring (bicyclic) bond motifs is 1. The maximum absolute atomic E-state index is 12.2. The van der Waals surface area contributed by atoms with Crippen molar-refractivity contribution in [2.75, 3.05) is 26.4 Å². The molecule has 1 unspecified atom stereocenters. The molecule has 1 amide bonds. The third-order valence-electron chi connectivity index (χ3n) is 5.83. The number of aliphatic hydroxyl groups excluding tert-OH is 1. The lowest BCUT2D eigenvalue weighted by Gasteiger charge is -2.17. The number of amides is 1. The van der Waals surface area contributed by atoms with Crippen LogP contribution in [0.3, 0.4) is 0 Å². The van der Waals surface area contributed by atoms with E-state index in [0.717, 1.165) is 46.4 Å². The number of aromatic nitrogens is 1. The highest BCUT2D eigenvalue weighted by atomic mass is 16.5. The van der Waals surface area contributed by atoms with E-state index in [4.69, 9.17) is 20.3 Å². The van der Waals surface area contributed by atoms with Crippen LogP contribution in [0.1, 0.15) is 41.8 Å². The third-order valence-corrected chi connectivity index (χ3v) is 5.83. The SMILES string of the molecule is C=CCc1ccc(OCCNC(C)Cc2cc(C(N)=O)c3c(ccn3CCCO)c2)c(OCC)c1. The fourth-order valence-electron chi connectivity index (χ4n) is 4.27. The zero-order valence-electron chi connectivity index (χ0n) is 20.8. The molecular weight excluding hydrogens is 442 g/mol. The van der Waals surface area contributed by atoms with Gasteiger partial charge >= 0.3 is 0 Å². The highest BCUT2D eigenvalue weighted by molar-refractivity contribution is 6.05. The summed E-state index contributed by atoms with van der Waals surface area (Å²) < 4.78 is 13.7. The Balaban J connectivity index is 1.59. The molecule has 35 heavy (non-hydrogen) atoms. The quantitative estimate of drug-likeness (QED) is 0.227. The van der Waals surface area contributed by atoms with Crippen LogP contribution in [-0.4, -0.2) is 48.0 Å². The first kappa shape index (κ1) is 26.3. The maximum Gasteiger partial charge on any atom is 0.250 e. The predicted octanol–water partition coefficient (Wildman–Crippen LogP) is 3.85. The van der Waals surface area contributed by atoms with E-state index in [9.17, 15) is 4.79 Å². The monoisotopic (exact) mass is 479 g/mol. The Hall–Kier alpha value is -3.29. The van der Waals surface area contributed by atoms with Gasteiger partial charge in [0.1, 0.15) is 6.61 Å². The fourth-order valence-corrected chi connectivity index (χ4v) is 4.27. The molecule has 0 aliphatic carbocycles. The van der Waals surface area contributed by atoms with Crippen LogP contribution in [0.2, 0.25) is 0 Å². The van der Waals surface area contributed by atoms with Crippen LogP contribution in [-0.2, 0) is 19.4 Å². The number of rotatable bonds is 15. The highest BCUT2D eigenvalue weighted by Gasteiger charge is 2.15. The smallest absolute Gasteiger partial charge is 0.250 e. The highest BCUT2D eigenvalue weighted by Crippen LogP contribution is 2.29. The predicted molar refractivity (Wildman–Crippen MR) is 140 cm³/mol. The van der Waals surface area contributed by atoms with E-state index < -0.39 is 5.91 Å². The minimum atomic E-state index is -0.445. The molecule has 1 heterocycles. The number of ether oxygens (including phenoxy) is 2. The van der Waals surface area contributed by atoms with Gasteiger partial charge in [-0.05, 0) is 74.6 Å². The first-order valence-corrected chi connectivity index (χ1v) is 12.2. The van der Waals surface area contributed by atoms with Gasteiger partial charge in [-0.15, -0.1) is 6.58 Å². The summed E-state index contributed by atoms with van der Waals surface area (Å²) in [5.74, 6) is 1.04. The molecule has 0 spiro atoms. The number of primary amides is 1. The fraction of sp³-hybridized carbons (Fsp3) is 0.393. The summed E-state index contributed by atoms with van der Waals surface area (Å²) in [5, 5.41) is 13.6. The van der Waals surface area contributed by atoms with Crippen LogP contribution in [0.4, 0.5) is 0 Å². The molecule has 0 saturated carbocycles. The summed E-state index contributed by atoms with van der Waals surface area (Å²) in [4.78, 5) is 12.2. The van der Waals surface area contributed by atoms with Crippen molar-refractivity contribution in [3.05, 3.63) is 71.9 Å². The van der Waals surface area contributed by atoms with Crippen LogP contribution in [0, 0.1) is 0 Å². The minimum absolute atomic E-state index is 0.101. The lowest BCUT2D eigenvalue weighted by Crippen LogP contribution is -2.32. The van der Waals surface area contributed by atoms with Gasteiger partial charge in [-0.2, -0.15) is 0 Å². The van der Waals surface area contributed by atoms with Crippen molar-refractivity contribution in [2.45, 2.75) is 45.7 Å². The van der Waals surface area contributed by atoms with Crippen LogP contribution in [0.25, 0.3) is 10.9 Å². The molecule has 2 aromatic carbocycles. The topological polar surface area (TPSA) is 98.7 Å². The van der Waals surface area contributed by atoms with Crippen molar-refractivity contribution < 1.29 is 19.4 Å². The normalized spacial score (nSPS) is 12.0. The number of carbonyl (C=O) groups excluding carboxylic acids is 1. The minimum Gasteiger partial charge on any atom is -0.490 e. The van der Waals surface area contributed by atoms with E-state index in [0.29, 0.717) is 38.3 Å². The molecule has 0 aliphatic heterocycles. The van der Waals surface area contributed by atoms with Gasteiger partial charge in [0.05, 0.1) is 17.7 Å². The van der Waals surface area contributed by atoms with Crippen LogP contribution >= 0.6 is 0 Å². The molecule has 0 saturated heterocycles. The molecule has 1 aromatic heterocycles. The molecular formula is C28H37N3O4. The van der Waals surface area contributed by atoms with Gasteiger partial charge in [0, 0.05) is 37.3 Å². The number of nitrogens with two attached hydrogens (primary N) is 1. The average molecular weight is 480 g/mol. The van der Waals surface area contributed by atoms with Crippen LogP contribution in [0.15, 0.2) is 55.3 Å². The molecule has 4 N–H and O–H groups in total. The number of carbonyl (C=O) groups is 1. The summed E-state index contributed by atoms with van der Waals surface area (Å²) in [6, 6.07) is 12.1. The molecule has 0 radical (unpaired) electrons. The van der Waals surface area contributed by atoms with Gasteiger partial charge in [-0.3, -0.25) is 4.79 Å². The first-order chi connectivity index (χ1) is 17.0. The van der Waals surface area contributed by atoms with E-state index in [1.165, 1.54) is 0 Å². The van der Waals surface area contributed by atoms with Crippen LogP contribution in [0.5, 0.6) is 11.5 Å². The van der Waals surface area contributed by atoms with Crippen molar-refractivity contribution >= 4 is 16.8 Å². The number of hydrogen-bond donors (Lipinski definition) is 3. The van der Waals surface area contributed by atoms with Crippen molar-refractivity contribution in [3.63, 3.8) is 0 Å². The number of aryl methyl sites for hydroxylation is 1.